The number of aromatic nitrogens is 2. The molecule has 1 rings (SSSR count). The Morgan fingerprint density at radius 2 is 2.06 bits per heavy atom. The Morgan fingerprint density at radius 3 is 2.44 bits per heavy atom. The molecule has 0 aromatic carbocycles. The number of rotatable bonds is 3. The summed E-state index contributed by atoms with van der Waals surface area (Å²) in [5.74, 6) is -0.192. The Bertz CT molecular complexity index is 408. The van der Waals surface area contributed by atoms with Crippen LogP contribution in [-0.2, 0) is 7.05 Å². The highest BCUT2D eigenvalue weighted by Crippen LogP contribution is 2.13. The van der Waals surface area contributed by atoms with E-state index in [-0.39, 0.29) is 12.5 Å². The maximum Gasteiger partial charge on any atom is 0.255 e. The van der Waals surface area contributed by atoms with E-state index in [2.05, 4.69) is 10.4 Å². The van der Waals surface area contributed by atoms with E-state index in [1.165, 1.54) is 0 Å². The van der Waals surface area contributed by atoms with E-state index in [9.17, 15) is 4.79 Å². The first-order chi connectivity index (χ1) is 7.28. The molecule has 0 aliphatic carbocycles. The molecule has 0 spiro atoms. The summed E-state index contributed by atoms with van der Waals surface area (Å²) in [5.41, 5.74) is 1.49. The molecule has 1 aromatic heterocycles. The quantitative estimate of drug-likeness (QED) is 0.789. The topological polar surface area (TPSA) is 67.2 Å². The third-order valence-corrected chi connectivity index (χ3v) is 2.58. The molecule has 0 unspecified atom stereocenters. The van der Waals surface area contributed by atoms with Gasteiger partial charge >= 0.3 is 0 Å². The van der Waals surface area contributed by atoms with E-state index in [1.807, 2.05) is 6.92 Å². The van der Waals surface area contributed by atoms with Crippen molar-refractivity contribution in [3.63, 3.8) is 0 Å². The van der Waals surface area contributed by atoms with Gasteiger partial charge in [0, 0.05) is 12.7 Å². The van der Waals surface area contributed by atoms with Crippen LogP contribution < -0.4 is 5.32 Å². The number of hydrogen-bond acceptors (Lipinski definition) is 3. The van der Waals surface area contributed by atoms with E-state index in [0.717, 1.165) is 5.69 Å². The van der Waals surface area contributed by atoms with Crippen molar-refractivity contribution >= 4 is 5.91 Å². The lowest BCUT2D eigenvalue weighted by atomic mass is 10.1. The van der Waals surface area contributed by atoms with Crippen LogP contribution in [0.25, 0.3) is 0 Å². The first-order valence-electron chi connectivity index (χ1n) is 5.22. The molecule has 1 aromatic rings. The lowest BCUT2D eigenvalue weighted by Gasteiger charge is -2.23. The van der Waals surface area contributed by atoms with Crippen molar-refractivity contribution in [3.8, 4) is 0 Å². The number of carbonyl (C=O) groups is 1. The second kappa shape index (κ2) is 4.25. The fourth-order valence-corrected chi connectivity index (χ4v) is 1.51. The van der Waals surface area contributed by atoms with Gasteiger partial charge < -0.3 is 10.4 Å². The molecule has 5 heteroatoms. The number of nitrogens with one attached hydrogen (secondary N) is 1. The number of aryl methyl sites for hydroxylation is 2. The highest BCUT2D eigenvalue weighted by atomic mass is 16.3. The number of aliphatic hydroxyl groups excluding tert-OH is 1. The van der Waals surface area contributed by atoms with Crippen LogP contribution in [-0.4, -0.2) is 32.9 Å². The first-order valence-corrected chi connectivity index (χ1v) is 5.22. The largest absolute Gasteiger partial charge is 0.394 e. The van der Waals surface area contributed by atoms with Crippen LogP contribution in [0.15, 0.2) is 0 Å². The van der Waals surface area contributed by atoms with E-state index in [4.69, 9.17) is 5.11 Å². The third kappa shape index (κ3) is 2.41. The summed E-state index contributed by atoms with van der Waals surface area (Å²) >= 11 is 0. The Kier molecular flexibility index (Phi) is 3.38. The van der Waals surface area contributed by atoms with Gasteiger partial charge in [-0.15, -0.1) is 0 Å². The standard InChI is InChI=1S/C11H19N3O2/c1-7-9(8(2)14(5)13-7)10(16)12-11(3,4)6-15/h15H,6H2,1-5H3,(H,12,16). The molecule has 16 heavy (non-hydrogen) atoms. The monoisotopic (exact) mass is 225 g/mol. The number of hydrogen-bond donors (Lipinski definition) is 2. The zero-order valence-corrected chi connectivity index (χ0v) is 10.5. The van der Waals surface area contributed by atoms with Crippen LogP contribution in [0.4, 0.5) is 0 Å². The van der Waals surface area contributed by atoms with Gasteiger partial charge in [0.05, 0.1) is 23.4 Å². The third-order valence-electron chi connectivity index (χ3n) is 2.58. The minimum absolute atomic E-state index is 0.100. The number of nitrogens with zero attached hydrogens (tertiary/aromatic N) is 2. The maximum atomic E-state index is 12.0. The summed E-state index contributed by atoms with van der Waals surface area (Å²) in [6.07, 6.45) is 0. The molecule has 0 saturated carbocycles. The molecule has 0 aliphatic heterocycles. The van der Waals surface area contributed by atoms with Crippen LogP contribution in [0.2, 0.25) is 0 Å². The van der Waals surface area contributed by atoms with Crippen molar-refractivity contribution in [1.82, 2.24) is 15.1 Å². The average Bonchev–Trinajstić information content (AvgIpc) is 2.40. The summed E-state index contributed by atoms with van der Waals surface area (Å²) in [6, 6.07) is 0. The van der Waals surface area contributed by atoms with Gasteiger partial charge in [0.1, 0.15) is 0 Å². The highest BCUT2D eigenvalue weighted by Gasteiger charge is 2.24. The second-order valence-corrected chi connectivity index (χ2v) is 4.67. The van der Waals surface area contributed by atoms with Gasteiger partial charge in [-0.3, -0.25) is 9.48 Å². The van der Waals surface area contributed by atoms with Crippen LogP contribution in [0.1, 0.15) is 35.6 Å². The van der Waals surface area contributed by atoms with Crippen molar-refractivity contribution in [3.05, 3.63) is 17.0 Å². The summed E-state index contributed by atoms with van der Waals surface area (Å²) in [7, 11) is 1.80. The van der Waals surface area contributed by atoms with Gasteiger partial charge in [0.2, 0.25) is 0 Å². The van der Waals surface area contributed by atoms with Crippen molar-refractivity contribution in [2.24, 2.45) is 7.05 Å². The Balaban J connectivity index is 2.98. The molecule has 0 radical (unpaired) electrons. The van der Waals surface area contributed by atoms with Crippen LogP contribution in [0.5, 0.6) is 0 Å². The van der Waals surface area contributed by atoms with Gasteiger partial charge in [-0.05, 0) is 27.7 Å². The Morgan fingerprint density at radius 1 is 1.50 bits per heavy atom. The van der Waals surface area contributed by atoms with E-state index in [0.29, 0.717) is 11.3 Å². The van der Waals surface area contributed by atoms with Crippen molar-refractivity contribution < 1.29 is 9.90 Å². The van der Waals surface area contributed by atoms with Crippen molar-refractivity contribution in [2.75, 3.05) is 6.61 Å². The molecule has 1 amide bonds. The van der Waals surface area contributed by atoms with Crippen LogP contribution in [0.3, 0.4) is 0 Å². The molecule has 90 valence electrons. The number of aliphatic hydroxyl groups is 1. The predicted molar refractivity (Wildman–Crippen MR) is 61.3 cm³/mol. The predicted octanol–water partition coefficient (Wildman–Crippen LogP) is 0.538. The molecule has 5 nitrogen and oxygen atoms in total. The summed E-state index contributed by atoms with van der Waals surface area (Å²) in [5, 5.41) is 16.1. The minimum Gasteiger partial charge on any atom is -0.394 e. The van der Waals surface area contributed by atoms with Crippen LogP contribution in [0, 0.1) is 13.8 Å². The van der Waals surface area contributed by atoms with Gasteiger partial charge in [-0.2, -0.15) is 5.10 Å². The molecular weight excluding hydrogens is 206 g/mol. The number of carbonyl (C=O) groups excluding carboxylic acids is 1. The number of amides is 1. The Labute approximate surface area is 95.5 Å². The SMILES string of the molecule is Cc1nn(C)c(C)c1C(=O)NC(C)(C)CO. The van der Waals surface area contributed by atoms with E-state index in [1.54, 1.807) is 32.5 Å². The maximum absolute atomic E-state index is 12.0. The average molecular weight is 225 g/mol. The molecule has 2 N–H and O–H groups in total. The lowest BCUT2D eigenvalue weighted by molar-refractivity contribution is 0.0868. The van der Waals surface area contributed by atoms with Gasteiger partial charge in [-0.1, -0.05) is 0 Å². The van der Waals surface area contributed by atoms with Gasteiger partial charge in [0.25, 0.3) is 5.91 Å². The van der Waals surface area contributed by atoms with E-state index < -0.39 is 5.54 Å². The zero-order valence-electron chi connectivity index (χ0n) is 10.5. The molecule has 1 heterocycles. The fraction of sp³-hybridized carbons (Fsp3) is 0.636. The molecular formula is C11H19N3O2. The summed E-state index contributed by atoms with van der Waals surface area (Å²) < 4.78 is 1.68. The molecule has 0 atom stereocenters. The zero-order chi connectivity index (χ0) is 12.5. The Hall–Kier alpha value is -1.36. The minimum atomic E-state index is -0.619. The van der Waals surface area contributed by atoms with Crippen LogP contribution >= 0.6 is 0 Å². The van der Waals surface area contributed by atoms with Gasteiger partial charge in [0.15, 0.2) is 0 Å². The van der Waals surface area contributed by atoms with E-state index >= 15 is 0 Å². The van der Waals surface area contributed by atoms with Gasteiger partial charge in [-0.25, -0.2) is 0 Å². The first kappa shape index (κ1) is 12.7. The summed E-state index contributed by atoms with van der Waals surface area (Å²) in [4.78, 5) is 12.0. The summed E-state index contributed by atoms with van der Waals surface area (Å²) in [6.45, 7) is 7.09. The second-order valence-electron chi connectivity index (χ2n) is 4.67. The molecule has 0 bridgehead atoms. The van der Waals surface area contributed by atoms with Crippen molar-refractivity contribution in [1.29, 1.82) is 0 Å². The molecule has 0 fully saturated rings. The highest BCUT2D eigenvalue weighted by molar-refractivity contribution is 5.96. The molecule has 0 aliphatic rings. The lowest BCUT2D eigenvalue weighted by Crippen LogP contribution is -2.46. The fourth-order valence-electron chi connectivity index (χ4n) is 1.51. The smallest absolute Gasteiger partial charge is 0.255 e. The molecule has 0 saturated heterocycles. The van der Waals surface area contributed by atoms with Crippen molar-refractivity contribution in [2.45, 2.75) is 33.2 Å². The normalized spacial score (nSPS) is 11.6.